The standard InChI is InChI=1S/C10H18N2S2/c1-8-6-11-10(14-7-8)12-9-2-4-13-5-3-9/h8-9H,2-7H2,1H3,(H,11,12). The lowest BCUT2D eigenvalue weighted by Crippen LogP contribution is -2.37. The van der Waals surface area contributed by atoms with Crippen molar-refractivity contribution >= 4 is 28.7 Å². The normalized spacial score (nSPS) is 29.8. The Labute approximate surface area is 94.7 Å². The molecule has 0 saturated carbocycles. The van der Waals surface area contributed by atoms with Gasteiger partial charge >= 0.3 is 0 Å². The predicted octanol–water partition coefficient (Wildman–Crippen LogP) is 2.21. The van der Waals surface area contributed by atoms with Crippen LogP contribution in [0.4, 0.5) is 0 Å². The number of hydrogen-bond donors (Lipinski definition) is 1. The van der Waals surface area contributed by atoms with Crippen LogP contribution in [0.5, 0.6) is 0 Å². The first-order valence-electron chi connectivity index (χ1n) is 5.36. The predicted molar refractivity (Wildman–Crippen MR) is 67.4 cm³/mol. The topological polar surface area (TPSA) is 24.4 Å². The van der Waals surface area contributed by atoms with E-state index in [-0.39, 0.29) is 0 Å². The minimum Gasteiger partial charge on any atom is -0.362 e. The number of amidine groups is 1. The molecule has 80 valence electrons. The Kier molecular flexibility index (Phi) is 4.05. The highest BCUT2D eigenvalue weighted by molar-refractivity contribution is 8.13. The Bertz CT molecular complexity index is 212. The second kappa shape index (κ2) is 5.31. The molecular weight excluding hydrogens is 212 g/mol. The fraction of sp³-hybridized carbons (Fsp3) is 0.900. The molecule has 2 aliphatic rings. The molecule has 14 heavy (non-hydrogen) atoms. The second-order valence-corrected chi connectivity index (χ2v) is 6.33. The summed E-state index contributed by atoms with van der Waals surface area (Å²) >= 11 is 3.97. The third-order valence-corrected chi connectivity index (χ3v) is 4.90. The minimum absolute atomic E-state index is 0.691. The zero-order valence-corrected chi connectivity index (χ0v) is 10.3. The molecule has 2 aliphatic heterocycles. The number of thioether (sulfide) groups is 2. The van der Waals surface area contributed by atoms with Crippen LogP contribution in [0.15, 0.2) is 4.99 Å². The molecule has 1 atom stereocenters. The Morgan fingerprint density at radius 1 is 1.36 bits per heavy atom. The van der Waals surface area contributed by atoms with Crippen molar-refractivity contribution in [2.24, 2.45) is 10.9 Å². The van der Waals surface area contributed by atoms with E-state index in [1.165, 1.54) is 35.3 Å². The van der Waals surface area contributed by atoms with Gasteiger partial charge in [-0.25, -0.2) is 0 Å². The molecule has 2 heterocycles. The Hall–Kier alpha value is 0.170. The molecule has 1 N–H and O–H groups in total. The summed E-state index contributed by atoms with van der Waals surface area (Å²) in [5.41, 5.74) is 0. The van der Waals surface area contributed by atoms with Crippen molar-refractivity contribution < 1.29 is 0 Å². The van der Waals surface area contributed by atoms with Gasteiger partial charge < -0.3 is 5.32 Å². The van der Waals surface area contributed by atoms with E-state index in [1.54, 1.807) is 0 Å². The van der Waals surface area contributed by atoms with Gasteiger partial charge in [0.05, 0.1) is 0 Å². The lowest BCUT2D eigenvalue weighted by molar-refractivity contribution is 0.565. The summed E-state index contributed by atoms with van der Waals surface area (Å²) < 4.78 is 0. The highest BCUT2D eigenvalue weighted by Crippen LogP contribution is 2.20. The molecule has 0 bridgehead atoms. The summed E-state index contributed by atoms with van der Waals surface area (Å²) in [6.45, 7) is 3.28. The van der Waals surface area contributed by atoms with Gasteiger partial charge in [0.2, 0.25) is 0 Å². The van der Waals surface area contributed by atoms with Crippen LogP contribution in [-0.4, -0.2) is 35.0 Å². The maximum atomic E-state index is 4.57. The molecule has 0 aromatic heterocycles. The van der Waals surface area contributed by atoms with Gasteiger partial charge in [0, 0.05) is 18.3 Å². The second-order valence-electron chi connectivity index (χ2n) is 4.09. The molecule has 1 unspecified atom stereocenters. The van der Waals surface area contributed by atoms with Crippen molar-refractivity contribution in [3.63, 3.8) is 0 Å². The van der Waals surface area contributed by atoms with Crippen LogP contribution in [0.25, 0.3) is 0 Å². The Morgan fingerprint density at radius 2 is 2.14 bits per heavy atom. The highest BCUT2D eigenvalue weighted by atomic mass is 32.2. The lowest BCUT2D eigenvalue weighted by atomic mass is 10.2. The maximum absolute atomic E-state index is 4.57. The molecule has 1 fully saturated rings. The SMILES string of the molecule is CC1CN=C(NC2CCSCC2)SC1. The van der Waals surface area contributed by atoms with Crippen molar-refractivity contribution in [1.82, 2.24) is 5.32 Å². The summed E-state index contributed by atoms with van der Waals surface area (Å²) in [4.78, 5) is 4.57. The molecule has 0 aliphatic carbocycles. The van der Waals surface area contributed by atoms with Crippen LogP contribution in [0.3, 0.4) is 0 Å². The summed E-state index contributed by atoms with van der Waals surface area (Å²) in [7, 11) is 0. The zero-order valence-electron chi connectivity index (χ0n) is 8.66. The number of hydrogen-bond acceptors (Lipinski definition) is 4. The van der Waals surface area contributed by atoms with Gasteiger partial charge in [-0.15, -0.1) is 0 Å². The van der Waals surface area contributed by atoms with Crippen molar-refractivity contribution in [2.45, 2.75) is 25.8 Å². The van der Waals surface area contributed by atoms with E-state index in [0.717, 1.165) is 12.5 Å². The van der Waals surface area contributed by atoms with Gasteiger partial charge in [-0.05, 0) is 30.3 Å². The van der Waals surface area contributed by atoms with E-state index in [0.29, 0.717) is 6.04 Å². The highest BCUT2D eigenvalue weighted by Gasteiger charge is 2.17. The third-order valence-electron chi connectivity index (χ3n) is 2.60. The largest absolute Gasteiger partial charge is 0.362 e. The molecule has 2 rings (SSSR count). The van der Waals surface area contributed by atoms with E-state index >= 15 is 0 Å². The number of aliphatic imine (C=N–C) groups is 1. The van der Waals surface area contributed by atoms with Crippen molar-refractivity contribution in [1.29, 1.82) is 0 Å². The van der Waals surface area contributed by atoms with Crippen LogP contribution >= 0.6 is 23.5 Å². The summed E-state index contributed by atoms with van der Waals surface area (Å²) in [6.07, 6.45) is 2.61. The third kappa shape index (κ3) is 3.09. The zero-order chi connectivity index (χ0) is 9.80. The molecule has 2 nitrogen and oxygen atoms in total. The quantitative estimate of drug-likeness (QED) is 0.747. The maximum Gasteiger partial charge on any atom is 0.156 e. The summed E-state index contributed by atoms with van der Waals surface area (Å²) in [5.74, 6) is 4.61. The number of nitrogens with one attached hydrogen (secondary N) is 1. The van der Waals surface area contributed by atoms with Gasteiger partial charge in [-0.1, -0.05) is 18.7 Å². The molecule has 0 amide bonds. The van der Waals surface area contributed by atoms with E-state index in [2.05, 4.69) is 29.0 Å². The molecule has 4 heteroatoms. The molecular formula is C10H18N2S2. The summed E-state index contributed by atoms with van der Waals surface area (Å²) in [6, 6.07) is 0.691. The first-order valence-corrected chi connectivity index (χ1v) is 7.50. The number of rotatable bonds is 1. The molecule has 0 spiro atoms. The average Bonchev–Trinajstić information content (AvgIpc) is 2.23. The molecule has 0 aromatic carbocycles. The molecule has 0 aromatic rings. The van der Waals surface area contributed by atoms with E-state index in [1.807, 2.05) is 11.8 Å². The van der Waals surface area contributed by atoms with Gasteiger partial charge in [-0.3, -0.25) is 4.99 Å². The fourth-order valence-electron chi connectivity index (χ4n) is 1.66. The Balaban J connectivity index is 1.78. The summed E-state index contributed by atoms with van der Waals surface area (Å²) in [5, 5.41) is 4.77. The average molecular weight is 230 g/mol. The van der Waals surface area contributed by atoms with E-state index in [9.17, 15) is 0 Å². The van der Waals surface area contributed by atoms with Crippen molar-refractivity contribution in [3.8, 4) is 0 Å². The van der Waals surface area contributed by atoms with Crippen molar-refractivity contribution in [3.05, 3.63) is 0 Å². The Morgan fingerprint density at radius 3 is 2.79 bits per heavy atom. The van der Waals surface area contributed by atoms with Gasteiger partial charge in [0.1, 0.15) is 0 Å². The van der Waals surface area contributed by atoms with Crippen LogP contribution in [0, 0.1) is 5.92 Å². The van der Waals surface area contributed by atoms with Crippen LogP contribution in [0.1, 0.15) is 19.8 Å². The minimum atomic E-state index is 0.691. The van der Waals surface area contributed by atoms with Gasteiger partial charge in [-0.2, -0.15) is 11.8 Å². The van der Waals surface area contributed by atoms with Crippen LogP contribution in [0.2, 0.25) is 0 Å². The van der Waals surface area contributed by atoms with Crippen LogP contribution < -0.4 is 5.32 Å². The first kappa shape index (κ1) is 10.7. The fourth-order valence-corrected chi connectivity index (χ4v) is 3.73. The number of nitrogens with zero attached hydrogens (tertiary/aromatic N) is 1. The van der Waals surface area contributed by atoms with Crippen LogP contribution in [-0.2, 0) is 0 Å². The first-order chi connectivity index (χ1) is 6.84. The monoisotopic (exact) mass is 230 g/mol. The van der Waals surface area contributed by atoms with Crippen molar-refractivity contribution in [2.75, 3.05) is 23.8 Å². The van der Waals surface area contributed by atoms with E-state index in [4.69, 9.17) is 0 Å². The smallest absolute Gasteiger partial charge is 0.156 e. The van der Waals surface area contributed by atoms with Gasteiger partial charge in [0.15, 0.2) is 5.17 Å². The lowest BCUT2D eigenvalue weighted by Gasteiger charge is -2.26. The molecule has 1 saturated heterocycles. The van der Waals surface area contributed by atoms with E-state index < -0.39 is 0 Å². The molecule has 0 radical (unpaired) electrons. The van der Waals surface area contributed by atoms with Gasteiger partial charge in [0.25, 0.3) is 0 Å².